The van der Waals surface area contributed by atoms with Gasteiger partial charge in [0.25, 0.3) is 0 Å². The van der Waals surface area contributed by atoms with E-state index >= 15 is 0 Å². The Morgan fingerprint density at radius 1 is 0.926 bits per heavy atom. The summed E-state index contributed by atoms with van der Waals surface area (Å²) in [6.07, 6.45) is 6.10. The second-order valence-electron chi connectivity index (χ2n) is 9.25. The quantitative estimate of drug-likeness (QED) is 0.658. The molecule has 2 fully saturated rings. The van der Waals surface area contributed by atoms with Gasteiger partial charge in [-0.3, -0.25) is 0 Å². The zero-order valence-corrected chi connectivity index (χ0v) is 16.3. The normalized spacial score (nSPS) is 28.3. The van der Waals surface area contributed by atoms with E-state index in [1.54, 1.807) is 6.07 Å². The third kappa shape index (κ3) is 3.33. The van der Waals surface area contributed by atoms with Crippen LogP contribution >= 0.6 is 0 Å². The maximum atomic E-state index is 14.1. The van der Waals surface area contributed by atoms with Crippen LogP contribution in [0.15, 0.2) is 42.5 Å². The van der Waals surface area contributed by atoms with Crippen molar-refractivity contribution in [1.82, 2.24) is 4.90 Å². The molecule has 2 aliphatic carbocycles. The van der Waals surface area contributed by atoms with Crippen LogP contribution < -0.4 is 0 Å². The van der Waals surface area contributed by atoms with E-state index in [9.17, 15) is 4.39 Å². The van der Waals surface area contributed by atoms with Crippen LogP contribution in [0.4, 0.5) is 4.39 Å². The van der Waals surface area contributed by atoms with E-state index in [1.165, 1.54) is 67.6 Å². The Labute approximate surface area is 162 Å². The van der Waals surface area contributed by atoms with Gasteiger partial charge < -0.3 is 4.90 Å². The Morgan fingerprint density at radius 2 is 1.63 bits per heavy atom. The maximum Gasteiger partial charge on any atom is 0.123 e. The summed E-state index contributed by atoms with van der Waals surface area (Å²) in [6.45, 7) is 6.13. The Kier molecular flexibility index (Phi) is 4.55. The summed E-state index contributed by atoms with van der Waals surface area (Å²) < 4.78 is 14.1. The molecule has 1 saturated heterocycles. The smallest absolute Gasteiger partial charge is 0.123 e. The third-order valence-corrected chi connectivity index (χ3v) is 7.40. The number of fused-ring (bicyclic) bond motifs is 5. The van der Waals surface area contributed by atoms with Gasteiger partial charge in [0.15, 0.2) is 0 Å². The number of benzene rings is 2. The zero-order chi connectivity index (χ0) is 18.4. The summed E-state index contributed by atoms with van der Waals surface area (Å²) in [4.78, 5) is 2.69. The summed E-state index contributed by atoms with van der Waals surface area (Å²) in [5.41, 5.74) is 5.59. The first-order valence-corrected chi connectivity index (χ1v) is 10.8. The van der Waals surface area contributed by atoms with Gasteiger partial charge >= 0.3 is 0 Å². The Morgan fingerprint density at radius 3 is 2.44 bits per heavy atom. The van der Waals surface area contributed by atoms with Crippen molar-refractivity contribution in [2.24, 2.45) is 11.8 Å². The molecule has 2 heteroatoms. The lowest BCUT2D eigenvalue weighted by atomic mass is 9.84. The van der Waals surface area contributed by atoms with E-state index < -0.39 is 0 Å². The summed E-state index contributed by atoms with van der Waals surface area (Å²) >= 11 is 0. The molecule has 0 bridgehead atoms. The number of halogens is 1. The molecule has 2 aromatic carbocycles. The van der Waals surface area contributed by atoms with E-state index in [1.807, 2.05) is 12.1 Å². The van der Waals surface area contributed by atoms with Crippen molar-refractivity contribution < 1.29 is 4.39 Å². The van der Waals surface area contributed by atoms with Crippen molar-refractivity contribution in [1.29, 1.82) is 0 Å². The molecule has 2 aromatic rings. The van der Waals surface area contributed by atoms with Crippen molar-refractivity contribution >= 4 is 0 Å². The average Bonchev–Trinajstić information content (AvgIpc) is 3.04. The van der Waals surface area contributed by atoms with Gasteiger partial charge in [-0.05, 0) is 103 Å². The van der Waals surface area contributed by atoms with Gasteiger partial charge in [0.05, 0.1) is 0 Å². The minimum atomic E-state index is -0.0769. The second kappa shape index (κ2) is 7.05. The minimum Gasteiger partial charge on any atom is -0.303 e. The van der Waals surface area contributed by atoms with Crippen LogP contribution in [0.3, 0.4) is 0 Å². The van der Waals surface area contributed by atoms with Gasteiger partial charge in [-0.25, -0.2) is 4.39 Å². The van der Waals surface area contributed by atoms with Crippen LogP contribution in [0.1, 0.15) is 66.7 Å². The van der Waals surface area contributed by atoms with E-state index in [4.69, 9.17) is 0 Å². The Hall–Kier alpha value is -1.67. The minimum absolute atomic E-state index is 0.0769. The predicted octanol–water partition coefficient (Wildman–Crippen LogP) is 5.74. The number of likely N-dealkylation sites (tertiary alicyclic amines) is 1. The molecule has 0 N–H and O–H groups in total. The molecule has 0 aromatic heterocycles. The van der Waals surface area contributed by atoms with Crippen molar-refractivity contribution in [3.05, 3.63) is 70.5 Å². The fourth-order valence-corrected chi connectivity index (χ4v) is 5.92. The summed E-state index contributed by atoms with van der Waals surface area (Å²) in [7, 11) is 0. The van der Waals surface area contributed by atoms with Gasteiger partial charge in [-0.15, -0.1) is 0 Å². The lowest BCUT2D eigenvalue weighted by Gasteiger charge is -2.32. The van der Waals surface area contributed by atoms with Crippen molar-refractivity contribution in [3.63, 3.8) is 0 Å². The van der Waals surface area contributed by atoms with Crippen LogP contribution in [0, 0.1) is 17.7 Å². The summed E-state index contributed by atoms with van der Waals surface area (Å²) in [6, 6.07) is 14.5. The molecule has 1 aliphatic heterocycles. The highest BCUT2D eigenvalue weighted by Gasteiger charge is 2.40. The van der Waals surface area contributed by atoms with Gasteiger partial charge in [0.2, 0.25) is 0 Å². The molecule has 1 nitrogen and oxygen atoms in total. The highest BCUT2D eigenvalue weighted by Crippen LogP contribution is 2.52. The fraction of sp³-hybridized carbons (Fsp3) is 0.520. The lowest BCUT2D eigenvalue weighted by molar-refractivity contribution is 0.167. The topological polar surface area (TPSA) is 3.24 Å². The van der Waals surface area contributed by atoms with Crippen LogP contribution in [0.2, 0.25) is 0 Å². The predicted molar refractivity (Wildman–Crippen MR) is 109 cm³/mol. The van der Waals surface area contributed by atoms with Crippen LogP contribution in [0.25, 0.3) is 0 Å². The molecule has 5 rings (SSSR count). The van der Waals surface area contributed by atoms with Crippen LogP contribution in [-0.4, -0.2) is 24.5 Å². The number of piperidine rings is 1. The largest absolute Gasteiger partial charge is 0.303 e. The maximum absolute atomic E-state index is 14.1. The highest BCUT2D eigenvalue weighted by atomic mass is 19.1. The van der Waals surface area contributed by atoms with Crippen molar-refractivity contribution in [2.45, 2.75) is 50.9 Å². The monoisotopic (exact) mass is 363 g/mol. The number of hydrogen-bond donors (Lipinski definition) is 0. The molecule has 0 amide bonds. The van der Waals surface area contributed by atoms with Gasteiger partial charge in [0.1, 0.15) is 5.82 Å². The first kappa shape index (κ1) is 17.4. The Balaban J connectivity index is 1.45. The lowest BCUT2D eigenvalue weighted by Crippen LogP contribution is -2.36. The molecule has 0 spiro atoms. The Bertz CT molecular complexity index is 821. The van der Waals surface area contributed by atoms with Crippen molar-refractivity contribution in [3.8, 4) is 0 Å². The average molecular weight is 364 g/mol. The number of nitrogens with zero attached hydrogens (tertiary/aromatic N) is 1. The number of hydrogen-bond acceptors (Lipinski definition) is 1. The molecule has 3 aliphatic rings. The van der Waals surface area contributed by atoms with E-state index in [0.29, 0.717) is 11.8 Å². The summed E-state index contributed by atoms with van der Waals surface area (Å²) in [5, 5.41) is 0. The summed E-state index contributed by atoms with van der Waals surface area (Å²) in [5.74, 6) is 2.58. The molecule has 0 radical (unpaired) electrons. The molecule has 27 heavy (non-hydrogen) atoms. The van der Waals surface area contributed by atoms with Crippen LogP contribution in [-0.2, 0) is 6.42 Å². The van der Waals surface area contributed by atoms with Gasteiger partial charge in [-0.1, -0.05) is 37.3 Å². The van der Waals surface area contributed by atoms with Crippen LogP contribution in [0.5, 0.6) is 0 Å². The zero-order valence-electron chi connectivity index (χ0n) is 16.3. The van der Waals surface area contributed by atoms with Gasteiger partial charge in [-0.2, -0.15) is 0 Å². The molecule has 1 heterocycles. The van der Waals surface area contributed by atoms with Gasteiger partial charge in [0, 0.05) is 6.54 Å². The third-order valence-electron chi connectivity index (χ3n) is 7.40. The molecular weight excluding hydrogens is 333 g/mol. The molecule has 3 atom stereocenters. The highest BCUT2D eigenvalue weighted by molar-refractivity contribution is 5.46. The standard InChI is InChI=1S/C25H30FN/c1-17-8-10-27(11-9-17)16-18-12-24-22-5-3-2-4-19(22)14-20-6-7-21(26)15-23(20)25(24)13-18/h2-7,15,17-18,24-25H,8-14,16H2,1H3. The molecule has 3 unspecified atom stereocenters. The van der Waals surface area contributed by atoms with E-state index in [0.717, 1.165) is 18.3 Å². The van der Waals surface area contributed by atoms with E-state index in [-0.39, 0.29) is 5.82 Å². The first-order chi connectivity index (χ1) is 13.2. The SMILES string of the molecule is CC1CCN(CC2CC3c4ccccc4Cc4ccc(F)cc4C3C2)CC1. The second-order valence-corrected chi connectivity index (χ2v) is 9.25. The van der Waals surface area contributed by atoms with Crippen molar-refractivity contribution in [2.75, 3.05) is 19.6 Å². The molecule has 142 valence electrons. The fourth-order valence-electron chi connectivity index (χ4n) is 5.92. The first-order valence-electron chi connectivity index (χ1n) is 10.8. The molecular formula is C25H30FN. The molecule has 1 saturated carbocycles. The number of rotatable bonds is 2. The van der Waals surface area contributed by atoms with E-state index in [2.05, 4.69) is 36.1 Å².